The van der Waals surface area contributed by atoms with Crippen molar-refractivity contribution < 1.29 is 19.4 Å². The lowest BCUT2D eigenvalue weighted by Gasteiger charge is -2.13. The van der Waals surface area contributed by atoms with Crippen molar-refractivity contribution in [1.82, 2.24) is 0 Å². The maximum atomic E-state index is 12.4. The summed E-state index contributed by atoms with van der Waals surface area (Å²) in [5, 5.41) is 16.9. The summed E-state index contributed by atoms with van der Waals surface area (Å²) in [7, 11) is 3.08. The van der Waals surface area contributed by atoms with Gasteiger partial charge in [0, 0.05) is 11.5 Å². The Morgan fingerprint density at radius 2 is 1.72 bits per heavy atom. The lowest BCUT2D eigenvalue weighted by Crippen LogP contribution is -2.20. The van der Waals surface area contributed by atoms with E-state index in [1.165, 1.54) is 7.11 Å². The molecule has 0 spiro atoms. The normalized spacial score (nSPS) is 10.3. The predicted molar refractivity (Wildman–Crippen MR) is 97.8 cm³/mol. The molecule has 0 aliphatic carbocycles. The predicted octanol–water partition coefficient (Wildman–Crippen LogP) is 4.21. The van der Waals surface area contributed by atoms with E-state index in [0.717, 1.165) is 10.8 Å². The number of benzene rings is 3. The van der Waals surface area contributed by atoms with Crippen molar-refractivity contribution in [1.29, 1.82) is 0 Å². The van der Waals surface area contributed by atoms with Crippen molar-refractivity contribution >= 4 is 28.2 Å². The van der Waals surface area contributed by atoms with Crippen molar-refractivity contribution in [3.8, 4) is 17.2 Å². The molecule has 0 aliphatic rings. The van der Waals surface area contributed by atoms with Gasteiger partial charge in [0.1, 0.15) is 17.2 Å². The molecule has 2 amide bonds. The number of nitrogens with one attached hydrogen (secondary N) is 2. The van der Waals surface area contributed by atoms with Crippen LogP contribution in [0.5, 0.6) is 17.2 Å². The first-order chi connectivity index (χ1) is 12.1. The van der Waals surface area contributed by atoms with E-state index >= 15 is 0 Å². The highest BCUT2D eigenvalue weighted by Crippen LogP contribution is 2.30. The Labute approximate surface area is 145 Å². The van der Waals surface area contributed by atoms with Gasteiger partial charge in [-0.25, -0.2) is 4.79 Å². The number of methoxy groups -OCH3 is 2. The van der Waals surface area contributed by atoms with Crippen LogP contribution in [0.2, 0.25) is 0 Å². The average molecular weight is 338 g/mol. The molecule has 3 aromatic rings. The third kappa shape index (κ3) is 3.58. The molecule has 0 bridgehead atoms. The van der Waals surface area contributed by atoms with Crippen LogP contribution in [-0.2, 0) is 0 Å². The molecule has 0 radical (unpaired) electrons. The van der Waals surface area contributed by atoms with E-state index in [1.54, 1.807) is 49.6 Å². The van der Waals surface area contributed by atoms with Crippen LogP contribution in [0, 0.1) is 0 Å². The summed E-state index contributed by atoms with van der Waals surface area (Å²) in [6.07, 6.45) is 0. The highest BCUT2D eigenvalue weighted by atomic mass is 16.5. The van der Waals surface area contributed by atoms with Crippen molar-refractivity contribution in [2.45, 2.75) is 0 Å². The molecule has 0 saturated carbocycles. The number of aromatic hydroxyl groups is 1. The van der Waals surface area contributed by atoms with Crippen LogP contribution in [0.1, 0.15) is 0 Å². The van der Waals surface area contributed by atoms with Gasteiger partial charge in [0.2, 0.25) is 0 Å². The van der Waals surface area contributed by atoms with Gasteiger partial charge in [-0.05, 0) is 35.7 Å². The minimum absolute atomic E-state index is 0.138. The lowest BCUT2D eigenvalue weighted by atomic mass is 10.1. The van der Waals surface area contributed by atoms with Gasteiger partial charge in [-0.1, -0.05) is 18.2 Å². The lowest BCUT2D eigenvalue weighted by molar-refractivity contribution is 0.262. The van der Waals surface area contributed by atoms with Crippen LogP contribution in [0.25, 0.3) is 10.8 Å². The Hall–Kier alpha value is -3.41. The van der Waals surface area contributed by atoms with Crippen molar-refractivity contribution in [2.75, 3.05) is 24.9 Å². The number of carbonyl (C=O) groups is 1. The molecule has 3 aromatic carbocycles. The summed E-state index contributed by atoms with van der Waals surface area (Å²) < 4.78 is 10.4. The van der Waals surface area contributed by atoms with Gasteiger partial charge in [0.25, 0.3) is 0 Å². The Morgan fingerprint density at radius 1 is 0.920 bits per heavy atom. The van der Waals surface area contributed by atoms with Gasteiger partial charge in [-0.3, -0.25) is 0 Å². The highest BCUT2D eigenvalue weighted by molar-refractivity contribution is 6.06. The van der Waals surface area contributed by atoms with Gasteiger partial charge in [0.15, 0.2) is 0 Å². The highest BCUT2D eigenvalue weighted by Gasteiger charge is 2.10. The fourth-order valence-corrected chi connectivity index (χ4v) is 2.55. The summed E-state index contributed by atoms with van der Waals surface area (Å²) in [6.45, 7) is 0. The standard InChI is InChI=1S/C19H18N2O4/c1-24-14-8-9-17(18(11-14)25-2)21-19(23)20-16-5-3-4-12-6-7-13(22)10-15(12)16/h3-11,22H,1-2H3,(H2,20,21,23). The first-order valence-corrected chi connectivity index (χ1v) is 7.62. The van der Waals surface area contributed by atoms with E-state index in [-0.39, 0.29) is 5.75 Å². The number of rotatable bonds is 4. The molecule has 3 rings (SSSR count). The number of fused-ring (bicyclic) bond motifs is 1. The molecular formula is C19H18N2O4. The second kappa shape index (κ2) is 7.00. The number of urea groups is 1. The number of carbonyl (C=O) groups excluding carboxylic acids is 1. The van der Waals surface area contributed by atoms with Crippen LogP contribution in [-0.4, -0.2) is 25.4 Å². The second-order valence-corrected chi connectivity index (χ2v) is 5.36. The van der Waals surface area contributed by atoms with E-state index in [1.807, 2.05) is 12.1 Å². The molecule has 128 valence electrons. The topological polar surface area (TPSA) is 79.8 Å². The third-order valence-electron chi connectivity index (χ3n) is 3.77. The molecule has 6 nitrogen and oxygen atoms in total. The first kappa shape index (κ1) is 16.4. The van der Waals surface area contributed by atoms with E-state index < -0.39 is 6.03 Å². The Kier molecular flexibility index (Phi) is 4.61. The Bertz CT molecular complexity index is 924. The zero-order chi connectivity index (χ0) is 17.8. The van der Waals surface area contributed by atoms with Crippen molar-refractivity contribution in [3.05, 3.63) is 54.6 Å². The average Bonchev–Trinajstić information content (AvgIpc) is 2.62. The molecule has 0 unspecified atom stereocenters. The van der Waals surface area contributed by atoms with Gasteiger partial charge in [0.05, 0.1) is 25.6 Å². The number of amides is 2. The summed E-state index contributed by atoms with van der Waals surface area (Å²) in [6, 6.07) is 15.2. The molecule has 6 heteroatoms. The van der Waals surface area contributed by atoms with Crippen LogP contribution < -0.4 is 20.1 Å². The number of ether oxygens (including phenoxy) is 2. The molecule has 0 saturated heterocycles. The number of phenols is 1. The minimum Gasteiger partial charge on any atom is -0.508 e. The van der Waals surface area contributed by atoms with Gasteiger partial charge >= 0.3 is 6.03 Å². The Balaban J connectivity index is 1.83. The molecular weight excluding hydrogens is 320 g/mol. The summed E-state index contributed by atoms with van der Waals surface area (Å²) in [5.41, 5.74) is 1.11. The molecule has 0 aliphatic heterocycles. The van der Waals surface area contributed by atoms with E-state index in [0.29, 0.717) is 22.9 Å². The minimum atomic E-state index is -0.417. The molecule has 3 N–H and O–H groups in total. The van der Waals surface area contributed by atoms with Crippen LogP contribution in [0.3, 0.4) is 0 Å². The van der Waals surface area contributed by atoms with Crippen LogP contribution in [0.4, 0.5) is 16.2 Å². The number of phenolic OH excluding ortho intramolecular Hbond substituents is 1. The van der Waals surface area contributed by atoms with Gasteiger partial charge in [-0.2, -0.15) is 0 Å². The number of hydrogen-bond acceptors (Lipinski definition) is 4. The largest absolute Gasteiger partial charge is 0.508 e. The zero-order valence-electron chi connectivity index (χ0n) is 13.9. The Morgan fingerprint density at radius 3 is 2.48 bits per heavy atom. The monoisotopic (exact) mass is 338 g/mol. The maximum Gasteiger partial charge on any atom is 0.323 e. The summed E-state index contributed by atoms with van der Waals surface area (Å²) in [5.74, 6) is 1.26. The molecule has 0 heterocycles. The third-order valence-corrected chi connectivity index (χ3v) is 3.77. The fraction of sp³-hybridized carbons (Fsp3) is 0.105. The summed E-state index contributed by atoms with van der Waals surface area (Å²) >= 11 is 0. The molecule has 0 aromatic heterocycles. The molecule has 0 fully saturated rings. The van der Waals surface area contributed by atoms with E-state index in [9.17, 15) is 9.90 Å². The quantitative estimate of drug-likeness (QED) is 0.666. The van der Waals surface area contributed by atoms with Gasteiger partial charge in [-0.15, -0.1) is 0 Å². The maximum absolute atomic E-state index is 12.4. The van der Waals surface area contributed by atoms with Gasteiger partial charge < -0.3 is 25.2 Å². The van der Waals surface area contributed by atoms with E-state index in [2.05, 4.69) is 10.6 Å². The zero-order valence-corrected chi connectivity index (χ0v) is 13.9. The fourth-order valence-electron chi connectivity index (χ4n) is 2.55. The van der Waals surface area contributed by atoms with Crippen molar-refractivity contribution in [2.24, 2.45) is 0 Å². The van der Waals surface area contributed by atoms with Crippen LogP contribution in [0.15, 0.2) is 54.6 Å². The first-order valence-electron chi connectivity index (χ1n) is 7.62. The van der Waals surface area contributed by atoms with Crippen molar-refractivity contribution in [3.63, 3.8) is 0 Å². The number of hydrogen-bond donors (Lipinski definition) is 3. The molecule has 25 heavy (non-hydrogen) atoms. The van der Waals surface area contributed by atoms with E-state index in [4.69, 9.17) is 9.47 Å². The number of anilines is 2. The van der Waals surface area contributed by atoms with Crippen LogP contribution >= 0.6 is 0 Å². The molecule has 0 atom stereocenters. The summed E-state index contributed by atoms with van der Waals surface area (Å²) in [4.78, 5) is 12.4. The SMILES string of the molecule is COc1ccc(NC(=O)Nc2cccc3ccc(O)cc23)c(OC)c1. The smallest absolute Gasteiger partial charge is 0.323 e. The second-order valence-electron chi connectivity index (χ2n) is 5.36.